The molecule has 0 aliphatic carbocycles. The number of aryl methyl sites for hydroxylation is 2. The van der Waals surface area contributed by atoms with Crippen molar-refractivity contribution in [2.75, 3.05) is 7.11 Å². The molecule has 0 N–H and O–H groups in total. The quantitative estimate of drug-likeness (QED) is 0.133. The van der Waals surface area contributed by atoms with Gasteiger partial charge < -0.3 is 9.72 Å². The van der Waals surface area contributed by atoms with Crippen LogP contribution in [0.25, 0.3) is 22.9 Å². The monoisotopic (exact) mass is 812 g/mol. The Bertz CT molecular complexity index is 1800. The first-order valence-electron chi connectivity index (χ1n) is 14.2. The van der Waals surface area contributed by atoms with Crippen LogP contribution in [0.2, 0.25) is 0 Å². The van der Waals surface area contributed by atoms with Crippen LogP contribution in [0.3, 0.4) is 0 Å². The van der Waals surface area contributed by atoms with Gasteiger partial charge in [0.05, 0.1) is 18.5 Å². The number of methoxy groups -OCH3 is 1. The Morgan fingerprint density at radius 3 is 1.70 bits per heavy atom. The Labute approximate surface area is 287 Å². The van der Waals surface area contributed by atoms with Gasteiger partial charge in [0.1, 0.15) is 5.75 Å². The zero-order valence-corrected chi connectivity index (χ0v) is 30.1. The number of aromatic nitrogens is 7. The molecule has 9 nitrogen and oxygen atoms in total. The molecule has 5 aromatic heterocycles. The molecule has 0 unspecified atom stereocenters. The van der Waals surface area contributed by atoms with E-state index in [0.29, 0.717) is 22.6 Å². The number of hydrogen-bond acceptors (Lipinski definition) is 7. The van der Waals surface area contributed by atoms with Gasteiger partial charge in [0.2, 0.25) is 5.24 Å². The van der Waals surface area contributed by atoms with Crippen molar-refractivity contribution in [3.05, 3.63) is 131 Å². The molecule has 5 heterocycles. The van der Waals surface area contributed by atoms with E-state index in [1.807, 2.05) is 59.6 Å². The van der Waals surface area contributed by atoms with Crippen molar-refractivity contribution in [1.29, 1.82) is 0 Å². The third kappa shape index (κ3) is 8.81. The molecule has 1 aromatic carbocycles. The molecule has 0 atom stereocenters. The van der Waals surface area contributed by atoms with Gasteiger partial charge in [0.15, 0.2) is 11.6 Å². The molecule has 0 fully saturated rings. The fourth-order valence-corrected chi connectivity index (χ4v) is 4.39. The third-order valence-electron chi connectivity index (χ3n) is 7.31. The van der Waals surface area contributed by atoms with Crippen LogP contribution in [-0.2, 0) is 19.8 Å². The summed E-state index contributed by atoms with van der Waals surface area (Å²) in [5.41, 5.74) is 8.71. The molecule has 237 valence electrons. The van der Waals surface area contributed by atoms with E-state index < -0.39 is 5.24 Å². The van der Waals surface area contributed by atoms with Crippen LogP contribution >= 0.6 is 11.6 Å². The van der Waals surface area contributed by atoms with Crippen LogP contribution in [0.15, 0.2) is 85.3 Å². The van der Waals surface area contributed by atoms with Crippen LogP contribution in [0.1, 0.15) is 44.3 Å². The summed E-state index contributed by atoms with van der Waals surface area (Å²) < 4.78 is 8.87. The third-order valence-corrected chi connectivity index (χ3v) is 7.53. The molecule has 1 radical (unpaired) electrons. The van der Waals surface area contributed by atoms with Crippen LogP contribution in [-0.4, -0.2) is 46.9 Å². The van der Waals surface area contributed by atoms with Gasteiger partial charge in [-0.2, -0.15) is 10.2 Å². The van der Waals surface area contributed by atoms with Gasteiger partial charge in [0, 0.05) is 30.0 Å². The van der Waals surface area contributed by atoms with Crippen LogP contribution in [0, 0.1) is 47.6 Å². The summed E-state index contributed by atoms with van der Waals surface area (Å²) in [4.78, 5) is 23.8. The van der Waals surface area contributed by atoms with Gasteiger partial charge in [-0.3, -0.25) is 4.79 Å². The van der Waals surface area contributed by atoms with Gasteiger partial charge in [-0.1, -0.05) is 12.1 Å². The molecule has 0 amide bonds. The number of carbonyl (C=O) groups excluding carboxylic acids is 1. The minimum Gasteiger partial charge on any atom is -0.497 e. The largest absolute Gasteiger partial charge is 1.00 e. The van der Waals surface area contributed by atoms with Crippen molar-refractivity contribution >= 4 is 16.8 Å². The number of nitrogens with zero attached hydrogens (tertiary/aromatic N) is 7. The van der Waals surface area contributed by atoms with Gasteiger partial charge in [-0.15, -0.1) is 29.8 Å². The first kappa shape index (κ1) is 36.0. The zero-order chi connectivity index (χ0) is 32.5. The van der Waals surface area contributed by atoms with Crippen LogP contribution in [0.4, 0.5) is 0 Å². The Kier molecular flexibility index (Phi) is 13.1. The maximum atomic E-state index is 11.1. The van der Waals surface area contributed by atoms with E-state index in [9.17, 15) is 4.79 Å². The Morgan fingerprint density at radius 1 is 0.739 bits per heavy atom. The number of pyridine rings is 3. The Balaban J connectivity index is 0.000000187. The molecule has 11 heteroatoms. The predicted molar refractivity (Wildman–Crippen MR) is 176 cm³/mol. The van der Waals surface area contributed by atoms with Crippen molar-refractivity contribution in [3.8, 4) is 28.6 Å². The minimum absolute atomic E-state index is 0. The summed E-state index contributed by atoms with van der Waals surface area (Å²) in [5.74, 6) is 2.45. The Hall–Kier alpha value is -4.51. The summed E-state index contributed by atoms with van der Waals surface area (Å²) in [5, 5.41) is 8.37. The molecule has 0 aliphatic rings. The maximum absolute atomic E-state index is 11.1. The molecule has 0 aliphatic heterocycles. The first-order chi connectivity index (χ1) is 21.6. The van der Waals surface area contributed by atoms with Crippen LogP contribution in [0.5, 0.6) is 5.75 Å². The molecule has 6 aromatic rings. The molecular formula is C35H35ClN7O2Os. The van der Waals surface area contributed by atoms with E-state index in [4.69, 9.17) is 16.3 Å². The van der Waals surface area contributed by atoms with Crippen molar-refractivity contribution in [2.45, 2.75) is 41.5 Å². The van der Waals surface area contributed by atoms with Crippen molar-refractivity contribution in [3.63, 3.8) is 0 Å². The van der Waals surface area contributed by atoms with E-state index in [1.165, 1.54) is 11.1 Å². The molecular weight excluding hydrogens is 776 g/mol. The number of halogens is 1. The molecule has 0 bridgehead atoms. The van der Waals surface area contributed by atoms with Crippen LogP contribution < -0.4 is 4.74 Å². The van der Waals surface area contributed by atoms with E-state index in [2.05, 4.69) is 58.9 Å². The fourth-order valence-electron chi connectivity index (χ4n) is 4.27. The van der Waals surface area contributed by atoms with E-state index >= 15 is 0 Å². The topological polar surface area (TPSA) is 101 Å². The summed E-state index contributed by atoms with van der Waals surface area (Å²) in [6, 6.07) is 23.1. The van der Waals surface area contributed by atoms with Crippen molar-refractivity contribution in [1.82, 2.24) is 34.5 Å². The van der Waals surface area contributed by atoms with Crippen molar-refractivity contribution < 1.29 is 29.3 Å². The molecule has 0 saturated heterocycles. The molecule has 0 spiro atoms. The summed E-state index contributed by atoms with van der Waals surface area (Å²) in [6.07, 6.45) is 5.19. The summed E-state index contributed by atoms with van der Waals surface area (Å²) in [6.45, 7) is 12.3. The second-order valence-corrected chi connectivity index (χ2v) is 10.5. The average molecular weight is 811 g/mol. The number of hydrogen-bond donors (Lipinski definition) is 0. The fraction of sp³-hybridized carbons (Fsp3) is 0.200. The molecule has 0 saturated carbocycles. The summed E-state index contributed by atoms with van der Waals surface area (Å²) in [7, 11) is 1.58. The second-order valence-electron chi connectivity index (χ2n) is 10.1. The number of rotatable bonds is 5. The SMILES string of the molecule is COc1ccnc(-c2[c-]ccc(C(=O)Cl)c2)c1.Cc1nn(-c2ccccn2)c(C)c1C.Cc1nn(-c2ccccn2)c(C)c1C.[Os+]. The predicted octanol–water partition coefficient (Wildman–Crippen LogP) is 7.32. The van der Waals surface area contributed by atoms with Crippen molar-refractivity contribution in [2.24, 2.45) is 0 Å². The molecule has 6 rings (SSSR count). The van der Waals surface area contributed by atoms with Gasteiger partial charge in [-0.25, -0.2) is 19.3 Å². The zero-order valence-electron chi connectivity index (χ0n) is 26.8. The van der Waals surface area contributed by atoms with E-state index in [0.717, 1.165) is 34.4 Å². The minimum atomic E-state index is -0.497. The Morgan fingerprint density at radius 2 is 1.28 bits per heavy atom. The molecule has 46 heavy (non-hydrogen) atoms. The van der Waals surface area contributed by atoms with E-state index in [1.54, 1.807) is 56.0 Å². The summed E-state index contributed by atoms with van der Waals surface area (Å²) >= 11 is 5.42. The number of ether oxygens (including phenoxy) is 1. The number of carbonyl (C=O) groups is 1. The standard InChI is InChI=1S/C13H9ClNO2.2C11H13N3.Os/c1-17-11-5-6-15-12(8-11)9-3-2-4-10(7-9)13(14)16;2*1-8-9(2)13-14(10(8)3)11-6-4-5-7-12-11;/h2,4-8H,1H3;2*4-7H,1-3H3;/q-1;;;+1. The normalized spacial score (nSPS) is 10.1. The van der Waals surface area contributed by atoms with Gasteiger partial charge >= 0.3 is 19.8 Å². The number of benzene rings is 1. The maximum Gasteiger partial charge on any atom is 1.00 e. The smallest absolute Gasteiger partial charge is 0.497 e. The second kappa shape index (κ2) is 16.7. The first-order valence-corrected chi connectivity index (χ1v) is 14.6. The van der Waals surface area contributed by atoms with Gasteiger partial charge in [-0.05, 0) is 112 Å². The van der Waals surface area contributed by atoms with E-state index in [-0.39, 0.29) is 19.8 Å². The average Bonchev–Trinajstić information content (AvgIpc) is 3.50. The van der Waals surface area contributed by atoms with Gasteiger partial charge in [0.25, 0.3) is 0 Å².